The molecule has 0 unspecified atom stereocenters. The second-order valence-corrected chi connectivity index (χ2v) is 4.23. The molecule has 6 heteroatoms. The van der Waals surface area contributed by atoms with E-state index < -0.39 is 5.97 Å². The summed E-state index contributed by atoms with van der Waals surface area (Å²) >= 11 is 0. The van der Waals surface area contributed by atoms with Crippen molar-refractivity contribution in [2.24, 2.45) is 7.05 Å². The van der Waals surface area contributed by atoms with Crippen molar-refractivity contribution >= 4 is 11.8 Å². The van der Waals surface area contributed by atoms with Crippen LogP contribution in [0.3, 0.4) is 0 Å². The van der Waals surface area contributed by atoms with Crippen LogP contribution in [0.4, 0.5) is 5.82 Å². The average Bonchev–Trinajstić information content (AvgIpc) is 2.81. The van der Waals surface area contributed by atoms with E-state index in [1.165, 1.54) is 0 Å². The van der Waals surface area contributed by atoms with Crippen LogP contribution < -0.4 is 0 Å². The number of hydrogen-bond donors (Lipinski definition) is 0. The summed E-state index contributed by atoms with van der Waals surface area (Å²) in [5.41, 5.74) is 2.76. The predicted molar refractivity (Wildman–Crippen MR) is 73.4 cm³/mol. The van der Waals surface area contributed by atoms with Gasteiger partial charge in [-0.1, -0.05) is 6.57 Å². The van der Waals surface area contributed by atoms with E-state index in [9.17, 15) is 4.79 Å². The quantitative estimate of drug-likeness (QED) is 0.635. The molecule has 0 amide bonds. The Bertz CT molecular complexity index is 698. The summed E-state index contributed by atoms with van der Waals surface area (Å²) in [6.07, 6.45) is 1.62. The molecule has 2 rings (SSSR count). The maximum atomic E-state index is 11.7. The summed E-state index contributed by atoms with van der Waals surface area (Å²) in [7, 11) is 1.75. The van der Waals surface area contributed by atoms with Gasteiger partial charge < -0.3 is 9.58 Å². The lowest BCUT2D eigenvalue weighted by Gasteiger charge is -2.03. The van der Waals surface area contributed by atoms with Crippen molar-refractivity contribution in [1.29, 1.82) is 0 Å². The molecule has 0 aliphatic carbocycles. The molecule has 6 nitrogen and oxygen atoms in total. The van der Waals surface area contributed by atoms with Crippen molar-refractivity contribution in [3.8, 4) is 11.3 Å². The highest BCUT2D eigenvalue weighted by Gasteiger charge is 2.17. The first-order valence-corrected chi connectivity index (χ1v) is 6.12. The van der Waals surface area contributed by atoms with E-state index in [1.807, 2.05) is 6.92 Å². The van der Waals surface area contributed by atoms with Crippen LogP contribution in [-0.4, -0.2) is 27.3 Å². The first kappa shape index (κ1) is 13.7. The van der Waals surface area contributed by atoms with Crippen molar-refractivity contribution in [2.45, 2.75) is 13.8 Å². The SMILES string of the molecule is [C-]#[N+]c1cc(C)c(-c2cc(C(=O)OCC)nn2C)cn1. The minimum atomic E-state index is -0.447. The van der Waals surface area contributed by atoms with E-state index in [0.29, 0.717) is 12.4 Å². The third-order valence-corrected chi connectivity index (χ3v) is 2.85. The first-order chi connectivity index (χ1) is 9.56. The number of nitrogens with zero attached hydrogens (tertiary/aromatic N) is 4. The van der Waals surface area contributed by atoms with Gasteiger partial charge in [-0.05, 0) is 31.5 Å². The second kappa shape index (κ2) is 5.53. The van der Waals surface area contributed by atoms with Crippen LogP contribution in [-0.2, 0) is 11.8 Å². The fourth-order valence-corrected chi connectivity index (χ4v) is 1.89. The molecule has 0 fully saturated rings. The molecule has 0 saturated heterocycles. The highest BCUT2D eigenvalue weighted by molar-refractivity contribution is 5.88. The van der Waals surface area contributed by atoms with Gasteiger partial charge in [-0.15, -0.1) is 4.98 Å². The predicted octanol–water partition coefficient (Wildman–Crippen LogP) is 2.52. The van der Waals surface area contributed by atoms with Crippen molar-refractivity contribution in [3.05, 3.63) is 41.0 Å². The summed E-state index contributed by atoms with van der Waals surface area (Å²) in [5.74, 6) is -0.100. The normalized spacial score (nSPS) is 10.1. The van der Waals surface area contributed by atoms with E-state index >= 15 is 0 Å². The molecule has 0 saturated carbocycles. The zero-order valence-corrected chi connectivity index (χ0v) is 11.5. The van der Waals surface area contributed by atoms with Crippen LogP contribution in [0, 0.1) is 13.5 Å². The molecule has 2 heterocycles. The Morgan fingerprint density at radius 2 is 2.25 bits per heavy atom. The molecular formula is C14H14N4O2. The van der Waals surface area contributed by atoms with Gasteiger partial charge in [0, 0.05) is 12.6 Å². The van der Waals surface area contributed by atoms with Crippen molar-refractivity contribution in [2.75, 3.05) is 6.61 Å². The number of rotatable bonds is 3. The van der Waals surface area contributed by atoms with Gasteiger partial charge in [0.05, 0.1) is 12.3 Å². The molecule has 0 spiro atoms. The number of ether oxygens (including phenoxy) is 1. The van der Waals surface area contributed by atoms with E-state index in [2.05, 4.69) is 14.9 Å². The van der Waals surface area contributed by atoms with Gasteiger partial charge in [0.2, 0.25) is 0 Å². The van der Waals surface area contributed by atoms with Gasteiger partial charge in [-0.3, -0.25) is 4.68 Å². The van der Waals surface area contributed by atoms with Crippen LogP contribution in [0.25, 0.3) is 16.1 Å². The Labute approximate surface area is 116 Å². The van der Waals surface area contributed by atoms with E-state index in [0.717, 1.165) is 16.8 Å². The largest absolute Gasteiger partial charge is 0.461 e. The van der Waals surface area contributed by atoms with Gasteiger partial charge in [0.25, 0.3) is 5.82 Å². The van der Waals surface area contributed by atoms with Gasteiger partial charge >= 0.3 is 5.97 Å². The van der Waals surface area contributed by atoms with Crippen LogP contribution in [0.1, 0.15) is 23.0 Å². The lowest BCUT2D eigenvalue weighted by molar-refractivity contribution is 0.0518. The number of carbonyl (C=O) groups excluding carboxylic acids is 1. The third-order valence-electron chi connectivity index (χ3n) is 2.85. The zero-order chi connectivity index (χ0) is 14.7. The Hall–Kier alpha value is -2.68. The average molecular weight is 270 g/mol. The summed E-state index contributed by atoms with van der Waals surface area (Å²) in [6, 6.07) is 3.37. The van der Waals surface area contributed by atoms with E-state index in [-0.39, 0.29) is 5.69 Å². The van der Waals surface area contributed by atoms with Crippen LogP contribution in [0.5, 0.6) is 0 Å². The standard InChI is InChI=1S/C14H14N4O2/c1-5-20-14(19)11-7-12(18(4)17-11)10-8-16-13(15-3)6-9(10)2/h6-8H,5H2,1-2,4H3. The monoisotopic (exact) mass is 270 g/mol. The minimum Gasteiger partial charge on any atom is -0.461 e. The Balaban J connectivity index is 2.44. The number of hydrogen-bond acceptors (Lipinski definition) is 4. The van der Waals surface area contributed by atoms with E-state index in [1.54, 1.807) is 37.0 Å². The van der Waals surface area contributed by atoms with Crippen LogP contribution >= 0.6 is 0 Å². The molecule has 0 atom stereocenters. The molecule has 0 aromatic carbocycles. The molecule has 0 N–H and O–H groups in total. The summed E-state index contributed by atoms with van der Waals surface area (Å²) in [6.45, 7) is 10.9. The molecule has 0 aliphatic heterocycles. The molecule has 0 aliphatic rings. The highest BCUT2D eigenvalue weighted by atomic mass is 16.5. The molecule has 0 radical (unpaired) electrons. The molecule has 2 aromatic heterocycles. The fraction of sp³-hybridized carbons (Fsp3) is 0.286. The number of carbonyl (C=O) groups is 1. The number of aromatic nitrogens is 3. The van der Waals surface area contributed by atoms with Crippen LogP contribution in [0.2, 0.25) is 0 Å². The molecule has 20 heavy (non-hydrogen) atoms. The molecular weight excluding hydrogens is 256 g/mol. The maximum Gasteiger partial charge on any atom is 0.358 e. The zero-order valence-electron chi connectivity index (χ0n) is 11.5. The summed E-state index contributed by atoms with van der Waals surface area (Å²) < 4.78 is 6.53. The third kappa shape index (κ3) is 2.52. The van der Waals surface area contributed by atoms with Crippen molar-refractivity contribution < 1.29 is 9.53 Å². The van der Waals surface area contributed by atoms with Crippen molar-refractivity contribution in [3.63, 3.8) is 0 Å². The Morgan fingerprint density at radius 3 is 2.85 bits per heavy atom. The topological polar surface area (TPSA) is 61.4 Å². The molecule has 2 aromatic rings. The molecule has 102 valence electrons. The Kier molecular flexibility index (Phi) is 3.80. The van der Waals surface area contributed by atoms with Crippen LogP contribution in [0.15, 0.2) is 18.3 Å². The number of aryl methyl sites for hydroxylation is 2. The van der Waals surface area contributed by atoms with Gasteiger partial charge in [0.1, 0.15) is 6.20 Å². The number of pyridine rings is 1. The Morgan fingerprint density at radius 1 is 1.50 bits per heavy atom. The van der Waals surface area contributed by atoms with Gasteiger partial charge in [-0.25, -0.2) is 4.79 Å². The van der Waals surface area contributed by atoms with Crippen molar-refractivity contribution in [1.82, 2.24) is 14.8 Å². The van der Waals surface area contributed by atoms with E-state index in [4.69, 9.17) is 11.3 Å². The summed E-state index contributed by atoms with van der Waals surface area (Å²) in [4.78, 5) is 19.0. The highest BCUT2D eigenvalue weighted by Crippen LogP contribution is 2.25. The van der Waals surface area contributed by atoms with Gasteiger partial charge in [0.15, 0.2) is 5.69 Å². The fourth-order valence-electron chi connectivity index (χ4n) is 1.89. The number of esters is 1. The maximum absolute atomic E-state index is 11.7. The van der Waals surface area contributed by atoms with Gasteiger partial charge in [-0.2, -0.15) is 5.10 Å². The lowest BCUT2D eigenvalue weighted by Crippen LogP contribution is -2.05. The second-order valence-electron chi connectivity index (χ2n) is 4.23. The lowest BCUT2D eigenvalue weighted by atomic mass is 10.1. The first-order valence-electron chi connectivity index (χ1n) is 6.12. The summed E-state index contributed by atoms with van der Waals surface area (Å²) in [5, 5.41) is 4.14. The molecule has 0 bridgehead atoms. The minimum absolute atomic E-state index is 0.262. The smallest absolute Gasteiger partial charge is 0.358 e.